The van der Waals surface area contributed by atoms with Crippen LogP contribution in [0.4, 0.5) is 0 Å². The summed E-state index contributed by atoms with van der Waals surface area (Å²) in [5.41, 5.74) is 0. The number of aliphatic imine (C=N–C) groups is 1. The highest BCUT2D eigenvalue weighted by atomic mass is 32.2. The molecule has 0 amide bonds. The standard InChI is InChI=1S/C18H35N7O2S/c1-5-7-10-19-18(20-14-17-23-22-15(3)24(17)4)21-16-8-11-25(12-9-16)28(26,27)13-6-2/h16H,5-14H2,1-4H3,(H2,19,20,21). The van der Waals surface area contributed by atoms with Crippen molar-refractivity contribution in [1.82, 2.24) is 29.7 Å². The zero-order valence-electron chi connectivity index (χ0n) is 17.6. The highest BCUT2D eigenvalue weighted by Crippen LogP contribution is 2.15. The van der Waals surface area contributed by atoms with Gasteiger partial charge in [0.1, 0.15) is 12.4 Å². The number of aryl methyl sites for hydroxylation is 1. The van der Waals surface area contributed by atoms with Gasteiger partial charge in [-0.25, -0.2) is 17.7 Å². The van der Waals surface area contributed by atoms with Crippen molar-refractivity contribution in [2.45, 2.75) is 65.5 Å². The molecule has 1 fully saturated rings. The van der Waals surface area contributed by atoms with Crippen molar-refractivity contribution in [3.05, 3.63) is 11.6 Å². The van der Waals surface area contributed by atoms with Crippen LogP contribution in [-0.2, 0) is 23.6 Å². The SMILES string of the molecule is CCCCNC(=NCc1nnc(C)n1C)NC1CCN(S(=O)(=O)CCC)CC1. The highest BCUT2D eigenvalue weighted by Gasteiger charge is 2.27. The number of nitrogens with one attached hydrogen (secondary N) is 2. The minimum absolute atomic E-state index is 0.210. The molecule has 2 rings (SSSR count). The number of piperidine rings is 1. The van der Waals surface area contributed by atoms with Gasteiger partial charge in [0.2, 0.25) is 10.0 Å². The molecule has 1 saturated heterocycles. The molecule has 0 unspecified atom stereocenters. The summed E-state index contributed by atoms with van der Waals surface area (Å²) in [6, 6.07) is 0.210. The molecule has 0 saturated carbocycles. The van der Waals surface area contributed by atoms with Gasteiger partial charge in [0.15, 0.2) is 11.8 Å². The first-order valence-electron chi connectivity index (χ1n) is 10.2. The third-order valence-electron chi connectivity index (χ3n) is 5.03. The third kappa shape index (κ3) is 6.44. The Hall–Kier alpha value is -1.68. The Labute approximate surface area is 169 Å². The molecule has 10 heteroatoms. The topological polar surface area (TPSA) is 105 Å². The molecule has 0 spiro atoms. The smallest absolute Gasteiger partial charge is 0.214 e. The van der Waals surface area contributed by atoms with Gasteiger partial charge in [-0.15, -0.1) is 10.2 Å². The molecule has 1 aliphatic rings. The minimum atomic E-state index is -3.11. The Morgan fingerprint density at radius 3 is 2.50 bits per heavy atom. The van der Waals surface area contributed by atoms with Crippen molar-refractivity contribution in [3.8, 4) is 0 Å². The summed E-state index contributed by atoms with van der Waals surface area (Å²) in [5, 5.41) is 15.1. The molecule has 0 atom stereocenters. The van der Waals surface area contributed by atoms with E-state index < -0.39 is 10.0 Å². The number of guanidine groups is 1. The molecule has 0 radical (unpaired) electrons. The van der Waals surface area contributed by atoms with E-state index in [0.717, 1.165) is 49.8 Å². The molecule has 28 heavy (non-hydrogen) atoms. The van der Waals surface area contributed by atoms with Gasteiger partial charge < -0.3 is 15.2 Å². The maximum Gasteiger partial charge on any atom is 0.214 e. The van der Waals surface area contributed by atoms with Crippen LogP contribution in [0.3, 0.4) is 0 Å². The number of nitrogens with zero attached hydrogens (tertiary/aromatic N) is 5. The summed E-state index contributed by atoms with van der Waals surface area (Å²) in [5.74, 6) is 2.66. The Balaban J connectivity index is 1.95. The highest BCUT2D eigenvalue weighted by molar-refractivity contribution is 7.89. The predicted molar refractivity (Wildman–Crippen MR) is 112 cm³/mol. The number of aromatic nitrogens is 3. The number of sulfonamides is 1. The third-order valence-corrected chi connectivity index (χ3v) is 7.11. The van der Waals surface area contributed by atoms with Crippen LogP contribution in [-0.4, -0.2) is 64.9 Å². The monoisotopic (exact) mass is 413 g/mol. The van der Waals surface area contributed by atoms with Crippen molar-refractivity contribution in [1.29, 1.82) is 0 Å². The van der Waals surface area contributed by atoms with Crippen molar-refractivity contribution in [2.75, 3.05) is 25.4 Å². The summed E-state index contributed by atoms with van der Waals surface area (Å²) in [6.45, 7) is 8.39. The zero-order chi connectivity index (χ0) is 20.6. The van der Waals surface area contributed by atoms with E-state index in [1.807, 2.05) is 25.5 Å². The first kappa shape index (κ1) is 22.6. The van der Waals surface area contributed by atoms with Crippen LogP contribution in [0.25, 0.3) is 0 Å². The Bertz CT molecular complexity index is 737. The first-order chi connectivity index (χ1) is 13.4. The fourth-order valence-electron chi connectivity index (χ4n) is 3.13. The quantitative estimate of drug-likeness (QED) is 0.358. The normalized spacial score (nSPS) is 17.1. The van der Waals surface area contributed by atoms with E-state index in [0.29, 0.717) is 26.1 Å². The molecule has 0 bridgehead atoms. The van der Waals surface area contributed by atoms with Crippen LogP contribution in [0.1, 0.15) is 57.6 Å². The number of hydrogen-bond acceptors (Lipinski definition) is 5. The summed E-state index contributed by atoms with van der Waals surface area (Å²) < 4.78 is 28.0. The van der Waals surface area contributed by atoms with Crippen LogP contribution in [0.2, 0.25) is 0 Å². The lowest BCUT2D eigenvalue weighted by molar-refractivity contribution is 0.306. The minimum Gasteiger partial charge on any atom is -0.356 e. The summed E-state index contributed by atoms with van der Waals surface area (Å²) in [4.78, 5) is 4.67. The predicted octanol–water partition coefficient (Wildman–Crippen LogP) is 1.16. The fraction of sp³-hybridized carbons (Fsp3) is 0.833. The Kier molecular flexibility index (Phi) is 8.68. The molecule has 2 heterocycles. The van der Waals surface area contributed by atoms with Crippen molar-refractivity contribution >= 4 is 16.0 Å². The van der Waals surface area contributed by atoms with Crippen LogP contribution in [0.15, 0.2) is 4.99 Å². The zero-order valence-corrected chi connectivity index (χ0v) is 18.4. The van der Waals surface area contributed by atoms with E-state index in [-0.39, 0.29) is 11.8 Å². The van der Waals surface area contributed by atoms with Gasteiger partial charge in [0.05, 0.1) is 5.75 Å². The molecular weight excluding hydrogens is 378 g/mol. The van der Waals surface area contributed by atoms with Crippen molar-refractivity contribution in [2.24, 2.45) is 12.0 Å². The summed E-state index contributed by atoms with van der Waals surface area (Å²) in [7, 11) is -1.18. The van der Waals surface area contributed by atoms with E-state index in [1.54, 1.807) is 4.31 Å². The number of rotatable bonds is 9. The lowest BCUT2D eigenvalue weighted by atomic mass is 10.1. The Morgan fingerprint density at radius 2 is 1.93 bits per heavy atom. The van der Waals surface area contributed by atoms with Crippen molar-refractivity contribution < 1.29 is 8.42 Å². The maximum absolute atomic E-state index is 12.2. The molecule has 1 aromatic rings. The average Bonchev–Trinajstić information content (AvgIpc) is 2.98. The van der Waals surface area contributed by atoms with Gasteiger partial charge in [0, 0.05) is 32.7 Å². The van der Waals surface area contributed by atoms with Gasteiger partial charge in [-0.2, -0.15) is 0 Å². The van der Waals surface area contributed by atoms with Gasteiger partial charge in [-0.3, -0.25) is 0 Å². The second kappa shape index (κ2) is 10.8. The molecule has 9 nitrogen and oxygen atoms in total. The lowest BCUT2D eigenvalue weighted by Crippen LogP contribution is -2.50. The number of unbranched alkanes of at least 4 members (excludes halogenated alkanes) is 1. The summed E-state index contributed by atoms with van der Waals surface area (Å²) in [6.07, 6.45) is 4.38. The van der Waals surface area contributed by atoms with Crippen LogP contribution >= 0.6 is 0 Å². The van der Waals surface area contributed by atoms with E-state index in [4.69, 9.17) is 0 Å². The summed E-state index contributed by atoms with van der Waals surface area (Å²) >= 11 is 0. The molecule has 0 aliphatic carbocycles. The number of hydrogen-bond donors (Lipinski definition) is 2. The average molecular weight is 414 g/mol. The molecule has 2 N–H and O–H groups in total. The van der Waals surface area contributed by atoms with E-state index >= 15 is 0 Å². The van der Waals surface area contributed by atoms with Crippen LogP contribution in [0.5, 0.6) is 0 Å². The molecule has 160 valence electrons. The molecule has 1 aromatic heterocycles. The molecular formula is C18H35N7O2S. The Morgan fingerprint density at radius 1 is 1.21 bits per heavy atom. The molecule has 0 aromatic carbocycles. The van der Waals surface area contributed by atoms with Crippen molar-refractivity contribution in [3.63, 3.8) is 0 Å². The van der Waals surface area contributed by atoms with Gasteiger partial charge >= 0.3 is 0 Å². The van der Waals surface area contributed by atoms with Gasteiger partial charge in [-0.05, 0) is 32.6 Å². The second-order valence-corrected chi connectivity index (χ2v) is 9.39. The van der Waals surface area contributed by atoms with E-state index in [1.165, 1.54) is 0 Å². The largest absolute Gasteiger partial charge is 0.356 e. The molecule has 1 aliphatic heterocycles. The van der Waals surface area contributed by atoms with Crippen LogP contribution in [0, 0.1) is 6.92 Å². The van der Waals surface area contributed by atoms with E-state index in [2.05, 4.69) is 32.7 Å². The van der Waals surface area contributed by atoms with Gasteiger partial charge in [0.25, 0.3) is 0 Å². The first-order valence-corrected chi connectivity index (χ1v) is 11.9. The van der Waals surface area contributed by atoms with Crippen LogP contribution < -0.4 is 10.6 Å². The fourth-order valence-corrected chi connectivity index (χ4v) is 4.67. The van der Waals surface area contributed by atoms with E-state index in [9.17, 15) is 8.42 Å². The second-order valence-electron chi connectivity index (χ2n) is 7.30. The van der Waals surface area contributed by atoms with Gasteiger partial charge in [-0.1, -0.05) is 20.3 Å². The lowest BCUT2D eigenvalue weighted by Gasteiger charge is -2.32. The maximum atomic E-state index is 12.2.